The fraction of sp³-hybridized carbons (Fsp3) is 0. The predicted molar refractivity (Wildman–Crippen MR) is 209 cm³/mol. The van der Waals surface area contributed by atoms with Crippen molar-refractivity contribution >= 4 is 54.0 Å². The lowest BCUT2D eigenvalue weighted by Crippen LogP contribution is -1.97. The smallest absolute Gasteiger partial charge is 0.161 e. The van der Waals surface area contributed by atoms with Crippen molar-refractivity contribution in [1.82, 2.24) is 15.0 Å². The monoisotopic (exact) mass is 635 g/mol. The van der Waals surface area contributed by atoms with E-state index in [1.807, 2.05) is 18.3 Å². The van der Waals surface area contributed by atoms with Crippen LogP contribution in [0.15, 0.2) is 176 Å². The van der Waals surface area contributed by atoms with Crippen molar-refractivity contribution in [3.8, 4) is 45.0 Å². The largest absolute Gasteiger partial charge is 0.256 e. The van der Waals surface area contributed by atoms with E-state index in [0.717, 1.165) is 55.5 Å². The van der Waals surface area contributed by atoms with Gasteiger partial charge in [0.15, 0.2) is 5.82 Å². The van der Waals surface area contributed by atoms with Gasteiger partial charge in [-0.1, -0.05) is 146 Å². The van der Waals surface area contributed by atoms with Gasteiger partial charge in [-0.05, 0) is 78.5 Å². The van der Waals surface area contributed by atoms with Gasteiger partial charge in [-0.3, -0.25) is 4.98 Å². The van der Waals surface area contributed by atoms with E-state index in [4.69, 9.17) is 9.97 Å². The highest BCUT2D eigenvalue weighted by Crippen LogP contribution is 2.42. The molecule has 0 atom stereocenters. The molecule has 0 amide bonds. The maximum Gasteiger partial charge on any atom is 0.161 e. The zero-order valence-electron chi connectivity index (χ0n) is 27.1. The molecule has 0 radical (unpaired) electrons. The average molecular weight is 636 g/mol. The van der Waals surface area contributed by atoms with Crippen molar-refractivity contribution in [2.24, 2.45) is 0 Å². The highest BCUT2D eigenvalue weighted by atomic mass is 14.9. The Balaban J connectivity index is 1.22. The molecule has 0 aliphatic rings. The molecule has 10 aromatic rings. The highest BCUT2D eigenvalue weighted by Gasteiger charge is 2.18. The van der Waals surface area contributed by atoms with Crippen LogP contribution in [0.1, 0.15) is 0 Å². The molecule has 8 aromatic carbocycles. The number of hydrogen-bond donors (Lipinski definition) is 0. The number of hydrogen-bond acceptors (Lipinski definition) is 3. The van der Waals surface area contributed by atoms with Gasteiger partial charge in [0.05, 0.1) is 16.9 Å². The Kier molecular flexibility index (Phi) is 6.49. The van der Waals surface area contributed by atoms with Gasteiger partial charge in [0.25, 0.3) is 0 Å². The zero-order chi connectivity index (χ0) is 33.0. The van der Waals surface area contributed by atoms with Crippen LogP contribution >= 0.6 is 0 Å². The van der Waals surface area contributed by atoms with E-state index < -0.39 is 0 Å². The lowest BCUT2D eigenvalue weighted by molar-refractivity contribution is 1.19. The zero-order valence-corrected chi connectivity index (χ0v) is 27.1. The molecule has 10 rings (SSSR count). The summed E-state index contributed by atoms with van der Waals surface area (Å²) in [5.74, 6) is 0.709. The van der Waals surface area contributed by atoms with Crippen molar-refractivity contribution in [2.45, 2.75) is 0 Å². The van der Waals surface area contributed by atoms with E-state index in [1.165, 1.54) is 37.7 Å². The van der Waals surface area contributed by atoms with Gasteiger partial charge in [-0.15, -0.1) is 0 Å². The Morgan fingerprint density at radius 2 is 0.820 bits per heavy atom. The van der Waals surface area contributed by atoms with E-state index in [2.05, 4.69) is 163 Å². The maximum atomic E-state index is 5.33. The summed E-state index contributed by atoms with van der Waals surface area (Å²) in [6, 6.07) is 60.1. The highest BCUT2D eigenvalue weighted by molar-refractivity contribution is 6.32. The fourth-order valence-electron chi connectivity index (χ4n) is 7.59. The van der Waals surface area contributed by atoms with Gasteiger partial charge in [0, 0.05) is 28.3 Å². The summed E-state index contributed by atoms with van der Waals surface area (Å²) in [7, 11) is 0. The van der Waals surface area contributed by atoms with Crippen LogP contribution in [0.25, 0.3) is 99.0 Å². The third-order valence-corrected chi connectivity index (χ3v) is 9.93. The average Bonchev–Trinajstić information content (AvgIpc) is 3.20. The fourth-order valence-corrected chi connectivity index (χ4v) is 7.59. The Morgan fingerprint density at radius 1 is 0.320 bits per heavy atom. The second kappa shape index (κ2) is 11.5. The molecule has 0 saturated carbocycles. The van der Waals surface area contributed by atoms with E-state index in [9.17, 15) is 0 Å². The lowest BCUT2D eigenvalue weighted by atomic mass is 9.89. The van der Waals surface area contributed by atoms with Crippen molar-refractivity contribution in [3.05, 3.63) is 176 Å². The van der Waals surface area contributed by atoms with Gasteiger partial charge in [-0.25, -0.2) is 9.97 Å². The Morgan fingerprint density at radius 3 is 1.52 bits per heavy atom. The summed E-state index contributed by atoms with van der Waals surface area (Å²) >= 11 is 0. The topological polar surface area (TPSA) is 38.7 Å². The molecule has 0 unspecified atom stereocenters. The second-order valence-corrected chi connectivity index (χ2v) is 12.8. The van der Waals surface area contributed by atoms with Gasteiger partial charge in [0.2, 0.25) is 0 Å². The Bertz CT molecular complexity index is 2910. The molecular weight excluding hydrogens is 607 g/mol. The summed E-state index contributed by atoms with van der Waals surface area (Å²) in [4.78, 5) is 15.2. The molecule has 0 saturated heterocycles. The number of rotatable bonds is 4. The van der Waals surface area contributed by atoms with Crippen molar-refractivity contribution < 1.29 is 0 Å². The Labute approximate surface area is 289 Å². The van der Waals surface area contributed by atoms with Crippen LogP contribution in [0.4, 0.5) is 0 Å². The van der Waals surface area contributed by atoms with Gasteiger partial charge in [-0.2, -0.15) is 0 Å². The minimum atomic E-state index is 0.709. The van der Waals surface area contributed by atoms with Crippen LogP contribution in [-0.4, -0.2) is 15.0 Å². The van der Waals surface area contributed by atoms with E-state index >= 15 is 0 Å². The molecule has 3 heteroatoms. The first-order valence-electron chi connectivity index (χ1n) is 16.9. The first-order valence-corrected chi connectivity index (χ1v) is 16.9. The normalized spacial score (nSPS) is 11.6. The molecule has 0 aliphatic carbocycles. The van der Waals surface area contributed by atoms with Crippen LogP contribution in [0.2, 0.25) is 0 Å². The van der Waals surface area contributed by atoms with Crippen molar-refractivity contribution in [2.75, 3.05) is 0 Å². The second-order valence-electron chi connectivity index (χ2n) is 12.8. The number of pyridine rings is 1. The molecule has 50 heavy (non-hydrogen) atoms. The van der Waals surface area contributed by atoms with Gasteiger partial charge >= 0.3 is 0 Å². The standard InChI is InChI=1S/C47H29N3/c1-2-12-31(13-3-1)44-29-45(32-24-22-30(23-25-32)33-26-27-48-43-21-11-10-18-38(33)43)50-47(49-44)42-28-41-36-16-5-4-14-34(36)35-15-6-8-19-39(35)46(41)40-20-9-7-17-37(40)42/h1-29H. The number of benzene rings is 8. The molecule has 232 valence electrons. The molecule has 3 nitrogen and oxygen atoms in total. The van der Waals surface area contributed by atoms with Crippen LogP contribution in [0.5, 0.6) is 0 Å². The first kappa shape index (κ1) is 28.3. The SMILES string of the molecule is c1ccc(-c2cc(-c3ccc(-c4ccnc5ccccc45)cc3)nc(-c3cc4c5ccccc5c5ccccc5c4c4ccccc34)n2)cc1. The Hall–Kier alpha value is -6.71. The molecule has 2 heterocycles. The number of nitrogens with zero attached hydrogens (tertiary/aromatic N) is 3. The lowest BCUT2D eigenvalue weighted by Gasteiger charge is -2.16. The van der Waals surface area contributed by atoms with E-state index in [0.29, 0.717) is 5.82 Å². The molecule has 0 fully saturated rings. The molecule has 0 N–H and O–H groups in total. The molecule has 0 aliphatic heterocycles. The van der Waals surface area contributed by atoms with Crippen LogP contribution in [0.3, 0.4) is 0 Å². The first-order chi connectivity index (χ1) is 24.8. The molecule has 2 aromatic heterocycles. The van der Waals surface area contributed by atoms with Gasteiger partial charge < -0.3 is 0 Å². The maximum absolute atomic E-state index is 5.33. The van der Waals surface area contributed by atoms with E-state index in [-0.39, 0.29) is 0 Å². The molecular formula is C47H29N3. The minimum Gasteiger partial charge on any atom is -0.256 e. The molecule has 0 bridgehead atoms. The van der Waals surface area contributed by atoms with Crippen molar-refractivity contribution in [1.29, 1.82) is 0 Å². The van der Waals surface area contributed by atoms with Gasteiger partial charge in [0.1, 0.15) is 0 Å². The third-order valence-electron chi connectivity index (χ3n) is 9.93. The number of fused-ring (bicyclic) bond motifs is 9. The summed E-state index contributed by atoms with van der Waals surface area (Å²) in [5.41, 5.74) is 8.18. The summed E-state index contributed by atoms with van der Waals surface area (Å²) < 4.78 is 0. The van der Waals surface area contributed by atoms with Crippen LogP contribution < -0.4 is 0 Å². The summed E-state index contributed by atoms with van der Waals surface area (Å²) in [6.45, 7) is 0. The summed E-state index contributed by atoms with van der Waals surface area (Å²) in [6.07, 6.45) is 1.88. The minimum absolute atomic E-state index is 0.709. The predicted octanol–water partition coefficient (Wildman–Crippen LogP) is 12.3. The van der Waals surface area contributed by atoms with Crippen LogP contribution in [-0.2, 0) is 0 Å². The summed E-state index contributed by atoms with van der Waals surface area (Å²) in [5, 5.41) is 10.9. The third kappa shape index (κ3) is 4.56. The number of para-hydroxylation sites is 1. The quantitative estimate of drug-likeness (QED) is 0.181. The van der Waals surface area contributed by atoms with Crippen LogP contribution in [0, 0.1) is 0 Å². The number of aromatic nitrogens is 3. The van der Waals surface area contributed by atoms with E-state index in [1.54, 1.807) is 0 Å². The van der Waals surface area contributed by atoms with Crippen molar-refractivity contribution in [3.63, 3.8) is 0 Å². The molecule has 0 spiro atoms.